The first-order chi connectivity index (χ1) is 9.22. The average Bonchev–Trinajstić information content (AvgIpc) is 2.68. The van der Waals surface area contributed by atoms with Gasteiger partial charge in [0.1, 0.15) is 0 Å². The SMILES string of the molecule is CCNC(C)CN1C(=O)c2cccc3cccc1c23. The summed E-state index contributed by atoms with van der Waals surface area (Å²) < 4.78 is 0. The lowest BCUT2D eigenvalue weighted by Gasteiger charge is -2.22. The number of benzene rings is 2. The highest BCUT2D eigenvalue weighted by Crippen LogP contribution is 2.36. The molecule has 1 aliphatic heterocycles. The van der Waals surface area contributed by atoms with E-state index in [0.29, 0.717) is 12.6 Å². The van der Waals surface area contributed by atoms with Crippen LogP contribution in [0.4, 0.5) is 5.69 Å². The number of nitrogens with zero attached hydrogens (tertiary/aromatic N) is 1. The first-order valence-electron chi connectivity index (χ1n) is 6.79. The lowest BCUT2D eigenvalue weighted by atomic mass is 10.1. The minimum atomic E-state index is 0.122. The van der Waals surface area contributed by atoms with Crippen LogP contribution in [0.2, 0.25) is 0 Å². The monoisotopic (exact) mass is 254 g/mol. The molecule has 98 valence electrons. The number of carbonyl (C=O) groups excluding carboxylic acids is 1. The zero-order valence-electron chi connectivity index (χ0n) is 11.3. The third kappa shape index (κ3) is 1.90. The third-order valence-corrected chi connectivity index (χ3v) is 3.66. The van der Waals surface area contributed by atoms with E-state index in [9.17, 15) is 4.79 Å². The zero-order valence-corrected chi connectivity index (χ0v) is 11.3. The second-order valence-corrected chi connectivity index (χ2v) is 5.06. The minimum Gasteiger partial charge on any atom is -0.313 e. The maximum Gasteiger partial charge on any atom is 0.259 e. The van der Waals surface area contributed by atoms with Crippen LogP contribution >= 0.6 is 0 Å². The molecule has 19 heavy (non-hydrogen) atoms. The van der Waals surface area contributed by atoms with Gasteiger partial charge < -0.3 is 10.2 Å². The van der Waals surface area contributed by atoms with Gasteiger partial charge in [-0.15, -0.1) is 0 Å². The van der Waals surface area contributed by atoms with E-state index in [4.69, 9.17) is 0 Å². The molecular weight excluding hydrogens is 236 g/mol. The maximum atomic E-state index is 12.5. The van der Waals surface area contributed by atoms with Crippen molar-refractivity contribution in [2.24, 2.45) is 0 Å². The van der Waals surface area contributed by atoms with Crippen molar-refractivity contribution in [3.63, 3.8) is 0 Å². The molecule has 1 heterocycles. The van der Waals surface area contributed by atoms with Crippen LogP contribution in [0.3, 0.4) is 0 Å². The zero-order chi connectivity index (χ0) is 13.4. The van der Waals surface area contributed by atoms with E-state index >= 15 is 0 Å². The Morgan fingerprint density at radius 2 is 1.95 bits per heavy atom. The number of nitrogens with one attached hydrogen (secondary N) is 1. The van der Waals surface area contributed by atoms with Gasteiger partial charge in [0.05, 0.1) is 5.69 Å². The van der Waals surface area contributed by atoms with Crippen LogP contribution in [0.5, 0.6) is 0 Å². The van der Waals surface area contributed by atoms with Crippen LogP contribution in [0, 0.1) is 0 Å². The van der Waals surface area contributed by atoms with Crippen LogP contribution in [-0.2, 0) is 0 Å². The van der Waals surface area contributed by atoms with Gasteiger partial charge in [-0.25, -0.2) is 0 Å². The molecule has 3 rings (SSSR count). The van der Waals surface area contributed by atoms with Gasteiger partial charge in [-0.1, -0.05) is 31.2 Å². The molecule has 0 bridgehead atoms. The fraction of sp³-hybridized carbons (Fsp3) is 0.312. The smallest absolute Gasteiger partial charge is 0.259 e. The van der Waals surface area contributed by atoms with Gasteiger partial charge in [-0.3, -0.25) is 4.79 Å². The van der Waals surface area contributed by atoms with Gasteiger partial charge in [0.2, 0.25) is 0 Å². The van der Waals surface area contributed by atoms with E-state index in [1.165, 1.54) is 0 Å². The first-order valence-corrected chi connectivity index (χ1v) is 6.79. The molecule has 0 aliphatic carbocycles. The Morgan fingerprint density at radius 1 is 1.21 bits per heavy atom. The lowest BCUT2D eigenvalue weighted by Crippen LogP contribution is -2.40. The van der Waals surface area contributed by atoms with Crippen LogP contribution < -0.4 is 10.2 Å². The summed E-state index contributed by atoms with van der Waals surface area (Å²) in [7, 11) is 0. The molecular formula is C16H18N2O. The molecule has 1 aliphatic rings. The van der Waals surface area contributed by atoms with E-state index in [0.717, 1.165) is 28.6 Å². The molecule has 0 fully saturated rings. The van der Waals surface area contributed by atoms with Crippen molar-refractivity contribution in [1.29, 1.82) is 0 Å². The Hall–Kier alpha value is -1.87. The summed E-state index contributed by atoms with van der Waals surface area (Å²) in [6.07, 6.45) is 0. The predicted octanol–water partition coefficient (Wildman–Crippen LogP) is 2.80. The number of amides is 1. The summed E-state index contributed by atoms with van der Waals surface area (Å²) in [5.74, 6) is 0.122. The summed E-state index contributed by atoms with van der Waals surface area (Å²) in [5.41, 5.74) is 1.87. The molecule has 0 spiro atoms. The molecule has 1 amide bonds. The highest BCUT2D eigenvalue weighted by molar-refractivity contribution is 6.25. The van der Waals surface area contributed by atoms with E-state index in [1.807, 2.05) is 29.2 Å². The number of hydrogen-bond donors (Lipinski definition) is 1. The Bertz CT molecular complexity index is 630. The predicted molar refractivity (Wildman–Crippen MR) is 78.8 cm³/mol. The van der Waals surface area contributed by atoms with Crippen molar-refractivity contribution >= 4 is 22.4 Å². The number of hydrogen-bond acceptors (Lipinski definition) is 2. The third-order valence-electron chi connectivity index (χ3n) is 3.66. The summed E-state index contributed by atoms with van der Waals surface area (Å²) in [6, 6.07) is 12.3. The molecule has 1 unspecified atom stereocenters. The highest BCUT2D eigenvalue weighted by Gasteiger charge is 2.29. The van der Waals surface area contributed by atoms with Crippen LogP contribution in [0.25, 0.3) is 10.8 Å². The van der Waals surface area contributed by atoms with Gasteiger partial charge in [-0.2, -0.15) is 0 Å². The van der Waals surface area contributed by atoms with E-state index < -0.39 is 0 Å². The maximum absolute atomic E-state index is 12.5. The van der Waals surface area contributed by atoms with Crippen molar-refractivity contribution in [3.05, 3.63) is 42.0 Å². The Balaban J connectivity index is 2.03. The normalized spacial score (nSPS) is 15.3. The number of anilines is 1. The summed E-state index contributed by atoms with van der Waals surface area (Å²) >= 11 is 0. The van der Waals surface area contributed by atoms with Crippen molar-refractivity contribution in [2.75, 3.05) is 18.0 Å². The Labute approximate surface area is 113 Å². The van der Waals surface area contributed by atoms with Gasteiger partial charge in [-0.05, 0) is 31.0 Å². The molecule has 0 saturated carbocycles. The fourth-order valence-corrected chi connectivity index (χ4v) is 2.85. The van der Waals surface area contributed by atoms with Gasteiger partial charge in [0.15, 0.2) is 0 Å². The fourth-order valence-electron chi connectivity index (χ4n) is 2.85. The minimum absolute atomic E-state index is 0.122. The topological polar surface area (TPSA) is 32.3 Å². The van der Waals surface area contributed by atoms with Crippen molar-refractivity contribution in [3.8, 4) is 0 Å². The average molecular weight is 254 g/mol. The second kappa shape index (κ2) is 4.67. The molecule has 0 radical (unpaired) electrons. The molecule has 2 aromatic rings. The molecule has 0 aromatic heterocycles. The summed E-state index contributed by atoms with van der Waals surface area (Å²) in [6.45, 7) is 5.82. The first kappa shape index (κ1) is 12.2. The Morgan fingerprint density at radius 3 is 2.68 bits per heavy atom. The summed E-state index contributed by atoms with van der Waals surface area (Å²) in [5, 5.41) is 5.59. The van der Waals surface area contributed by atoms with Gasteiger partial charge in [0.25, 0.3) is 5.91 Å². The second-order valence-electron chi connectivity index (χ2n) is 5.06. The lowest BCUT2D eigenvalue weighted by molar-refractivity contribution is 0.0991. The summed E-state index contributed by atoms with van der Waals surface area (Å²) in [4.78, 5) is 14.4. The molecule has 0 saturated heterocycles. The van der Waals surface area contributed by atoms with Crippen LogP contribution in [-0.4, -0.2) is 25.0 Å². The van der Waals surface area contributed by atoms with Crippen molar-refractivity contribution in [1.82, 2.24) is 5.32 Å². The molecule has 1 atom stereocenters. The van der Waals surface area contributed by atoms with Crippen molar-refractivity contribution < 1.29 is 4.79 Å². The van der Waals surface area contributed by atoms with E-state index in [2.05, 4.69) is 31.3 Å². The van der Waals surface area contributed by atoms with E-state index in [-0.39, 0.29) is 5.91 Å². The largest absolute Gasteiger partial charge is 0.313 e. The Kier molecular flexibility index (Phi) is 2.99. The highest BCUT2D eigenvalue weighted by atomic mass is 16.2. The van der Waals surface area contributed by atoms with Crippen LogP contribution in [0.1, 0.15) is 24.2 Å². The van der Waals surface area contributed by atoms with E-state index in [1.54, 1.807) is 0 Å². The standard InChI is InChI=1S/C16H18N2O/c1-3-17-11(2)10-18-14-9-5-7-12-6-4-8-13(15(12)14)16(18)19/h4-9,11,17H,3,10H2,1-2H3. The molecule has 2 aromatic carbocycles. The van der Waals surface area contributed by atoms with Crippen molar-refractivity contribution in [2.45, 2.75) is 19.9 Å². The van der Waals surface area contributed by atoms with Gasteiger partial charge >= 0.3 is 0 Å². The van der Waals surface area contributed by atoms with Crippen LogP contribution in [0.15, 0.2) is 36.4 Å². The molecule has 1 N–H and O–H groups in total. The number of likely N-dealkylation sites (N-methyl/N-ethyl adjacent to an activating group) is 1. The molecule has 3 heteroatoms. The number of carbonyl (C=O) groups is 1. The quantitative estimate of drug-likeness (QED) is 0.910. The van der Waals surface area contributed by atoms with Gasteiger partial charge in [0, 0.05) is 23.5 Å². The molecule has 3 nitrogen and oxygen atoms in total. The number of rotatable bonds is 4.